The van der Waals surface area contributed by atoms with Crippen molar-refractivity contribution >= 4 is 21.2 Å². The maximum atomic E-state index is 11.4. The first kappa shape index (κ1) is 14.8. The van der Waals surface area contributed by atoms with Gasteiger partial charge in [0.2, 0.25) is 0 Å². The highest BCUT2D eigenvalue weighted by Gasteiger charge is 2.09. The van der Waals surface area contributed by atoms with E-state index in [1.807, 2.05) is 0 Å². The van der Waals surface area contributed by atoms with Crippen LogP contribution in [-0.4, -0.2) is 21.2 Å². The normalized spacial score (nSPS) is 11.8. The monoisotopic (exact) mass is 270 g/mol. The van der Waals surface area contributed by atoms with Crippen LogP contribution in [0.3, 0.4) is 0 Å². The fourth-order valence-corrected chi connectivity index (χ4v) is 2.32. The Bertz CT molecular complexity index is 496. The Balaban J connectivity index is 2.64. The molecule has 0 atom stereocenters. The van der Waals surface area contributed by atoms with Gasteiger partial charge in [-0.15, -0.1) is 0 Å². The molecule has 0 amide bonds. The molecule has 4 nitrogen and oxygen atoms in total. The number of nitrogens with one attached hydrogen (secondary N) is 1. The summed E-state index contributed by atoms with van der Waals surface area (Å²) in [6, 6.07) is 4.80. The molecule has 0 radical (unpaired) electrons. The maximum Gasteiger partial charge on any atom is 0.175 e. The lowest BCUT2D eigenvalue weighted by molar-refractivity contribution is 0.567. The number of hydrogen-bond donors (Lipinski definition) is 2. The SMILES string of the molecule is CC(C)CCCNc1ccc(S(C)(=O)=O)cc1N. The van der Waals surface area contributed by atoms with E-state index in [1.165, 1.54) is 12.3 Å². The van der Waals surface area contributed by atoms with Gasteiger partial charge in [0, 0.05) is 12.8 Å². The Labute approximate surface area is 110 Å². The third-order valence-corrected chi connectivity index (χ3v) is 3.84. The molecule has 3 N–H and O–H groups in total. The number of hydrogen-bond acceptors (Lipinski definition) is 4. The molecule has 0 aliphatic heterocycles. The summed E-state index contributed by atoms with van der Waals surface area (Å²) in [5.74, 6) is 0.691. The first-order valence-corrected chi connectivity index (χ1v) is 8.03. The highest BCUT2D eigenvalue weighted by molar-refractivity contribution is 7.90. The van der Waals surface area contributed by atoms with Crippen LogP contribution < -0.4 is 11.1 Å². The minimum absolute atomic E-state index is 0.257. The van der Waals surface area contributed by atoms with E-state index in [2.05, 4.69) is 19.2 Å². The molecule has 1 rings (SSSR count). The molecule has 1 aromatic rings. The van der Waals surface area contributed by atoms with Gasteiger partial charge >= 0.3 is 0 Å². The zero-order valence-electron chi connectivity index (χ0n) is 11.2. The fraction of sp³-hybridized carbons (Fsp3) is 0.538. The first-order chi connectivity index (χ1) is 8.30. The van der Waals surface area contributed by atoms with Crippen molar-refractivity contribution < 1.29 is 8.42 Å². The number of benzene rings is 1. The van der Waals surface area contributed by atoms with Crippen molar-refractivity contribution in [2.24, 2.45) is 5.92 Å². The lowest BCUT2D eigenvalue weighted by Gasteiger charge is -2.11. The lowest BCUT2D eigenvalue weighted by atomic mass is 10.1. The van der Waals surface area contributed by atoms with Crippen LogP contribution in [0.4, 0.5) is 11.4 Å². The summed E-state index contributed by atoms with van der Waals surface area (Å²) in [6.07, 6.45) is 3.41. The van der Waals surface area contributed by atoms with Crippen molar-refractivity contribution in [1.29, 1.82) is 0 Å². The van der Waals surface area contributed by atoms with Crippen molar-refractivity contribution in [3.05, 3.63) is 18.2 Å². The minimum atomic E-state index is -3.19. The molecule has 0 saturated carbocycles. The Morgan fingerprint density at radius 3 is 2.50 bits per heavy atom. The molecular formula is C13H22N2O2S. The molecule has 0 bridgehead atoms. The van der Waals surface area contributed by atoms with Gasteiger partial charge in [-0.1, -0.05) is 13.8 Å². The zero-order chi connectivity index (χ0) is 13.8. The predicted molar refractivity (Wildman–Crippen MR) is 76.5 cm³/mol. The standard InChI is InChI=1S/C13H22N2O2S/c1-10(2)5-4-8-15-13-7-6-11(9-12(13)14)18(3,16)17/h6-7,9-10,15H,4-5,8,14H2,1-3H3. The van der Waals surface area contributed by atoms with Gasteiger partial charge in [0.15, 0.2) is 9.84 Å². The van der Waals surface area contributed by atoms with E-state index >= 15 is 0 Å². The first-order valence-electron chi connectivity index (χ1n) is 6.14. The fourth-order valence-electron chi connectivity index (χ4n) is 1.67. The smallest absolute Gasteiger partial charge is 0.175 e. The van der Waals surface area contributed by atoms with E-state index in [-0.39, 0.29) is 4.90 Å². The van der Waals surface area contributed by atoms with Gasteiger partial charge in [0.1, 0.15) is 0 Å². The second kappa shape index (κ2) is 6.09. The molecule has 102 valence electrons. The minimum Gasteiger partial charge on any atom is -0.397 e. The van der Waals surface area contributed by atoms with Gasteiger partial charge in [-0.05, 0) is 37.0 Å². The predicted octanol–water partition coefficient (Wildman–Crippen LogP) is 2.52. The van der Waals surface area contributed by atoms with Gasteiger partial charge < -0.3 is 11.1 Å². The van der Waals surface area contributed by atoms with Crippen LogP contribution in [0.2, 0.25) is 0 Å². The topological polar surface area (TPSA) is 72.2 Å². The van der Waals surface area contributed by atoms with Crippen LogP contribution in [0.5, 0.6) is 0 Å². The largest absolute Gasteiger partial charge is 0.397 e. The summed E-state index contributed by atoms with van der Waals surface area (Å²) in [7, 11) is -3.19. The van der Waals surface area contributed by atoms with Crippen LogP contribution in [0.1, 0.15) is 26.7 Å². The van der Waals surface area contributed by atoms with Crippen molar-refractivity contribution in [3.63, 3.8) is 0 Å². The highest BCUT2D eigenvalue weighted by Crippen LogP contribution is 2.22. The second-order valence-electron chi connectivity index (χ2n) is 4.98. The van der Waals surface area contributed by atoms with Gasteiger partial charge in [-0.25, -0.2) is 8.42 Å². The van der Waals surface area contributed by atoms with Gasteiger partial charge in [0.25, 0.3) is 0 Å². The van der Waals surface area contributed by atoms with E-state index in [0.29, 0.717) is 11.6 Å². The molecule has 0 heterocycles. The maximum absolute atomic E-state index is 11.4. The third kappa shape index (κ3) is 4.56. The highest BCUT2D eigenvalue weighted by atomic mass is 32.2. The van der Waals surface area contributed by atoms with E-state index in [4.69, 9.17) is 5.73 Å². The summed E-state index contributed by atoms with van der Waals surface area (Å²) in [5, 5.41) is 3.23. The summed E-state index contributed by atoms with van der Waals surface area (Å²) in [5.41, 5.74) is 7.11. The van der Waals surface area contributed by atoms with E-state index in [0.717, 1.165) is 25.1 Å². The number of nitrogens with two attached hydrogens (primary N) is 1. The van der Waals surface area contributed by atoms with Crippen molar-refractivity contribution in [1.82, 2.24) is 0 Å². The molecule has 0 aliphatic carbocycles. The van der Waals surface area contributed by atoms with E-state index in [1.54, 1.807) is 12.1 Å². The molecule has 0 fully saturated rings. The molecule has 0 aromatic heterocycles. The van der Waals surface area contributed by atoms with E-state index in [9.17, 15) is 8.42 Å². The number of sulfone groups is 1. The molecule has 5 heteroatoms. The van der Waals surface area contributed by atoms with Crippen molar-refractivity contribution in [2.45, 2.75) is 31.6 Å². The molecule has 0 saturated heterocycles. The van der Waals surface area contributed by atoms with Crippen LogP contribution in [0, 0.1) is 5.92 Å². The lowest BCUT2D eigenvalue weighted by Crippen LogP contribution is -2.06. The third-order valence-electron chi connectivity index (χ3n) is 2.72. The number of nitrogen functional groups attached to an aromatic ring is 1. The van der Waals surface area contributed by atoms with Gasteiger partial charge in [-0.2, -0.15) is 0 Å². The summed E-state index contributed by atoms with van der Waals surface area (Å²) >= 11 is 0. The molecule has 0 aliphatic rings. The van der Waals surface area contributed by atoms with Crippen LogP contribution >= 0.6 is 0 Å². The van der Waals surface area contributed by atoms with Crippen molar-refractivity contribution in [2.75, 3.05) is 23.9 Å². The molecular weight excluding hydrogens is 248 g/mol. The summed E-state index contributed by atoms with van der Waals surface area (Å²) in [6.45, 7) is 5.23. The van der Waals surface area contributed by atoms with E-state index < -0.39 is 9.84 Å². The molecule has 1 aromatic carbocycles. The average Bonchev–Trinajstić information content (AvgIpc) is 2.24. The summed E-state index contributed by atoms with van der Waals surface area (Å²) in [4.78, 5) is 0.257. The number of anilines is 2. The van der Waals surface area contributed by atoms with Crippen LogP contribution in [-0.2, 0) is 9.84 Å². The molecule has 0 spiro atoms. The van der Waals surface area contributed by atoms with Crippen LogP contribution in [0.25, 0.3) is 0 Å². The Morgan fingerprint density at radius 1 is 1.33 bits per heavy atom. The van der Waals surface area contributed by atoms with Crippen molar-refractivity contribution in [3.8, 4) is 0 Å². The Hall–Kier alpha value is -1.23. The molecule has 0 unspecified atom stereocenters. The Kier molecular flexibility index (Phi) is 5.02. The quantitative estimate of drug-likeness (QED) is 0.615. The van der Waals surface area contributed by atoms with Crippen LogP contribution in [0.15, 0.2) is 23.1 Å². The number of rotatable bonds is 6. The zero-order valence-corrected chi connectivity index (χ0v) is 12.0. The second-order valence-corrected chi connectivity index (χ2v) is 7.00. The average molecular weight is 270 g/mol. The van der Waals surface area contributed by atoms with Gasteiger partial charge in [0.05, 0.1) is 16.3 Å². The molecule has 18 heavy (non-hydrogen) atoms. The Morgan fingerprint density at radius 2 is 2.00 bits per heavy atom. The summed E-state index contributed by atoms with van der Waals surface area (Å²) < 4.78 is 22.7. The van der Waals surface area contributed by atoms with Gasteiger partial charge in [-0.3, -0.25) is 0 Å².